The largest absolute Gasteiger partial charge is 0.288 e. The molecule has 152 valence electrons. The number of imide groups is 1. The van der Waals surface area contributed by atoms with E-state index in [1.807, 2.05) is 0 Å². The van der Waals surface area contributed by atoms with Crippen molar-refractivity contribution < 1.29 is 26.4 Å². The average molecular weight is 435 g/mol. The molecule has 29 heavy (non-hydrogen) atoms. The van der Waals surface area contributed by atoms with E-state index in [1.165, 1.54) is 22.5 Å². The minimum atomic E-state index is -4.03. The Hall–Kier alpha value is -2.92. The molecule has 4 rings (SSSR count). The first-order valence-electron chi connectivity index (χ1n) is 8.70. The summed E-state index contributed by atoms with van der Waals surface area (Å²) in [5.41, 5.74) is 1.45. The van der Waals surface area contributed by atoms with Crippen LogP contribution in [0.5, 0.6) is 0 Å². The topological polar surface area (TPSA) is 130 Å². The number of hydrogen-bond acceptors (Lipinski definition) is 6. The summed E-state index contributed by atoms with van der Waals surface area (Å²) < 4.78 is 53.5. The normalized spacial score (nSPS) is 16.2. The highest BCUT2D eigenvalue weighted by molar-refractivity contribution is 7.93. The third kappa shape index (κ3) is 3.36. The summed E-state index contributed by atoms with van der Waals surface area (Å²) in [6.45, 7) is 0.208. The molecule has 11 heteroatoms. The predicted molar refractivity (Wildman–Crippen MR) is 106 cm³/mol. The molecule has 0 spiro atoms. The molecule has 0 saturated heterocycles. The van der Waals surface area contributed by atoms with Crippen LogP contribution in [-0.2, 0) is 26.5 Å². The van der Waals surface area contributed by atoms with Crippen LogP contribution in [0.3, 0.4) is 0 Å². The van der Waals surface area contributed by atoms with Crippen LogP contribution < -0.4 is 14.3 Å². The SMILES string of the molecule is CS(=O)(=O)Nc1cccc2c1CCCN2S(=O)(=O)c1ccc2c(c1)C(=O)NC2=O. The van der Waals surface area contributed by atoms with Gasteiger partial charge in [0.05, 0.1) is 33.7 Å². The fourth-order valence-corrected chi connectivity index (χ4v) is 5.72. The molecule has 0 aliphatic carbocycles. The second-order valence-electron chi connectivity index (χ2n) is 6.85. The van der Waals surface area contributed by atoms with E-state index in [0.29, 0.717) is 29.8 Å². The second-order valence-corrected chi connectivity index (χ2v) is 10.5. The van der Waals surface area contributed by atoms with Crippen LogP contribution in [0.15, 0.2) is 41.3 Å². The first kappa shape index (κ1) is 19.4. The Bertz CT molecular complexity index is 1270. The molecular weight excluding hydrogens is 418 g/mol. The van der Waals surface area contributed by atoms with Gasteiger partial charge in [0.15, 0.2) is 0 Å². The van der Waals surface area contributed by atoms with E-state index in [-0.39, 0.29) is 22.6 Å². The molecule has 2 aromatic carbocycles. The molecule has 2 aliphatic heterocycles. The van der Waals surface area contributed by atoms with Crippen molar-refractivity contribution in [3.8, 4) is 0 Å². The molecule has 0 unspecified atom stereocenters. The molecule has 2 aromatic rings. The lowest BCUT2D eigenvalue weighted by atomic mass is 10.0. The van der Waals surface area contributed by atoms with Gasteiger partial charge in [0.2, 0.25) is 10.0 Å². The maximum atomic E-state index is 13.3. The van der Waals surface area contributed by atoms with Crippen molar-refractivity contribution in [3.63, 3.8) is 0 Å². The quantitative estimate of drug-likeness (QED) is 0.692. The molecule has 2 aliphatic rings. The van der Waals surface area contributed by atoms with Gasteiger partial charge in [-0.2, -0.15) is 0 Å². The molecule has 0 fully saturated rings. The van der Waals surface area contributed by atoms with Crippen LogP contribution >= 0.6 is 0 Å². The van der Waals surface area contributed by atoms with Crippen molar-refractivity contribution in [1.29, 1.82) is 0 Å². The van der Waals surface area contributed by atoms with E-state index >= 15 is 0 Å². The number of carbonyl (C=O) groups is 2. The molecule has 2 N–H and O–H groups in total. The van der Waals surface area contributed by atoms with Crippen molar-refractivity contribution in [2.75, 3.05) is 21.8 Å². The fraction of sp³-hybridized carbons (Fsp3) is 0.222. The summed E-state index contributed by atoms with van der Waals surface area (Å²) in [6, 6.07) is 8.57. The van der Waals surface area contributed by atoms with Gasteiger partial charge in [-0.05, 0) is 43.2 Å². The monoisotopic (exact) mass is 435 g/mol. The molecule has 0 aromatic heterocycles. The number of sulfonamides is 2. The molecule has 0 bridgehead atoms. The Morgan fingerprint density at radius 1 is 1.00 bits per heavy atom. The fourth-order valence-electron chi connectivity index (χ4n) is 3.57. The predicted octanol–water partition coefficient (Wildman–Crippen LogP) is 1.08. The number of rotatable bonds is 4. The van der Waals surface area contributed by atoms with Crippen molar-refractivity contribution in [2.24, 2.45) is 0 Å². The lowest BCUT2D eigenvalue weighted by molar-refractivity contribution is 0.0879. The van der Waals surface area contributed by atoms with Crippen LogP contribution in [0, 0.1) is 0 Å². The standard InChI is InChI=1S/C18H17N3O6S2/c1-28(24,25)20-15-5-2-6-16-13(15)4-3-9-21(16)29(26,27)11-7-8-12-14(10-11)18(23)19-17(12)22/h2,5-8,10,20H,3-4,9H2,1H3,(H,19,22,23). The van der Waals surface area contributed by atoms with E-state index < -0.39 is 31.9 Å². The number of anilines is 2. The number of fused-ring (bicyclic) bond motifs is 2. The molecule has 0 atom stereocenters. The number of benzene rings is 2. The smallest absolute Gasteiger partial charge is 0.264 e. The van der Waals surface area contributed by atoms with Crippen LogP contribution in [0.1, 0.15) is 32.7 Å². The van der Waals surface area contributed by atoms with Crippen molar-refractivity contribution in [3.05, 3.63) is 53.1 Å². The van der Waals surface area contributed by atoms with Gasteiger partial charge in [0.1, 0.15) is 0 Å². The third-order valence-corrected chi connectivity index (χ3v) is 7.20. The van der Waals surface area contributed by atoms with Crippen molar-refractivity contribution in [1.82, 2.24) is 5.32 Å². The summed E-state index contributed by atoms with van der Waals surface area (Å²) in [6.07, 6.45) is 2.04. The molecule has 9 nitrogen and oxygen atoms in total. The van der Waals surface area contributed by atoms with Gasteiger partial charge < -0.3 is 0 Å². The van der Waals surface area contributed by atoms with E-state index in [1.54, 1.807) is 18.2 Å². The zero-order chi connectivity index (χ0) is 21.0. The minimum absolute atomic E-state index is 0.0146. The van der Waals surface area contributed by atoms with Gasteiger partial charge in [-0.25, -0.2) is 16.8 Å². The Kier molecular flexibility index (Phi) is 4.39. The van der Waals surface area contributed by atoms with Crippen LogP contribution in [0.25, 0.3) is 0 Å². The number of carbonyl (C=O) groups excluding carboxylic acids is 2. The lowest BCUT2D eigenvalue weighted by Crippen LogP contribution is -2.36. The highest BCUT2D eigenvalue weighted by atomic mass is 32.2. The summed E-state index contributed by atoms with van der Waals surface area (Å²) >= 11 is 0. The molecular formula is C18H17N3O6S2. The zero-order valence-corrected chi connectivity index (χ0v) is 16.9. The summed E-state index contributed by atoms with van der Waals surface area (Å²) in [4.78, 5) is 23.5. The minimum Gasteiger partial charge on any atom is -0.288 e. The van der Waals surface area contributed by atoms with Gasteiger partial charge in [-0.1, -0.05) is 6.07 Å². The summed E-state index contributed by atoms with van der Waals surface area (Å²) in [5.74, 6) is -1.20. The van der Waals surface area contributed by atoms with E-state index in [0.717, 1.165) is 6.26 Å². The molecule has 0 radical (unpaired) electrons. The van der Waals surface area contributed by atoms with Crippen LogP contribution in [0.4, 0.5) is 11.4 Å². The molecule has 0 saturated carbocycles. The highest BCUT2D eigenvalue weighted by Crippen LogP contribution is 2.37. The Labute approximate surface area is 167 Å². The molecule has 2 amide bonds. The van der Waals surface area contributed by atoms with E-state index in [4.69, 9.17) is 0 Å². The van der Waals surface area contributed by atoms with Gasteiger partial charge >= 0.3 is 0 Å². The average Bonchev–Trinajstić information content (AvgIpc) is 2.94. The second kappa shape index (κ2) is 6.56. The van der Waals surface area contributed by atoms with Gasteiger partial charge in [0, 0.05) is 12.1 Å². The Morgan fingerprint density at radius 2 is 1.72 bits per heavy atom. The van der Waals surface area contributed by atoms with Gasteiger partial charge in [0.25, 0.3) is 21.8 Å². The third-order valence-electron chi connectivity index (χ3n) is 4.80. The summed E-state index contributed by atoms with van der Waals surface area (Å²) in [7, 11) is -7.56. The van der Waals surface area contributed by atoms with Crippen molar-refractivity contribution >= 4 is 43.2 Å². The first-order valence-corrected chi connectivity index (χ1v) is 12.0. The highest BCUT2D eigenvalue weighted by Gasteiger charge is 2.33. The van der Waals surface area contributed by atoms with Crippen LogP contribution in [0.2, 0.25) is 0 Å². The number of amides is 2. The van der Waals surface area contributed by atoms with Gasteiger partial charge in [-0.3, -0.25) is 23.9 Å². The van der Waals surface area contributed by atoms with E-state index in [2.05, 4.69) is 10.0 Å². The van der Waals surface area contributed by atoms with E-state index in [9.17, 15) is 26.4 Å². The summed E-state index contributed by atoms with van der Waals surface area (Å²) in [5, 5.41) is 2.13. The Balaban J connectivity index is 1.79. The number of hydrogen-bond donors (Lipinski definition) is 2. The molecule has 2 heterocycles. The maximum absolute atomic E-state index is 13.3. The Morgan fingerprint density at radius 3 is 2.45 bits per heavy atom. The van der Waals surface area contributed by atoms with Gasteiger partial charge in [-0.15, -0.1) is 0 Å². The number of nitrogens with one attached hydrogen (secondary N) is 2. The maximum Gasteiger partial charge on any atom is 0.264 e. The van der Waals surface area contributed by atoms with Crippen LogP contribution in [-0.4, -0.2) is 41.5 Å². The zero-order valence-electron chi connectivity index (χ0n) is 15.3. The first-order chi connectivity index (χ1) is 13.6. The lowest BCUT2D eigenvalue weighted by Gasteiger charge is -2.31. The number of nitrogens with zero attached hydrogens (tertiary/aromatic N) is 1. The van der Waals surface area contributed by atoms with Crippen molar-refractivity contribution in [2.45, 2.75) is 17.7 Å².